The average Bonchev–Trinajstić information content (AvgIpc) is 2.85. The molecule has 0 amide bonds. The molecule has 1 heterocycles. The first-order valence-corrected chi connectivity index (χ1v) is 5.01. The van der Waals surface area contributed by atoms with Gasteiger partial charge in [-0.2, -0.15) is 5.26 Å². The van der Waals surface area contributed by atoms with E-state index >= 15 is 0 Å². The highest BCUT2D eigenvalue weighted by Crippen LogP contribution is 2.48. The Labute approximate surface area is 85.7 Å². The molecule has 1 aliphatic carbocycles. The summed E-state index contributed by atoms with van der Waals surface area (Å²) in [6, 6.07) is 4.35. The maximum absolute atomic E-state index is 8.99. The standard InChI is InChI=1S/C10H9BrN2/c1-7-4-8(11)9(13-5-7)10(6-12)2-3-10/h4-5H,2-3H2,1H3. The van der Waals surface area contributed by atoms with E-state index in [9.17, 15) is 0 Å². The largest absolute Gasteiger partial charge is 0.258 e. The van der Waals surface area contributed by atoms with E-state index in [2.05, 4.69) is 27.0 Å². The van der Waals surface area contributed by atoms with Gasteiger partial charge in [-0.1, -0.05) is 0 Å². The Balaban J connectivity index is 2.48. The molecule has 1 aliphatic rings. The summed E-state index contributed by atoms with van der Waals surface area (Å²) < 4.78 is 0.964. The van der Waals surface area contributed by atoms with Gasteiger partial charge in [0.2, 0.25) is 0 Å². The number of nitriles is 1. The van der Waals surface area contributed by atoms with Crippen LogP contribution in [0.15, 0.2) is 16.7 Å². The monoisotopic (exact) mass is 236 g/mol. The number of nitrogens with zero attached hydrogens (tertiary/aromatic N) is 2. The van der Waals surface area contributed by atoms with Crippen LogP contribution in [0.1, 0.15) is 24.1 Å². The second-order valence-electron chi connectivity index (χ2n) is 3.54. The van der Waals surface area contributed by atoms with Gasteiger partial charge in [-0.3, -0.25) is 4.98 Å². The Morgan fingerprint density at radius 1 is 1.62 bits per heavy atom. The highest BCUT2D eigenvalue weighted by atomic mass is 79.9. The zero-order chi connectivity index (χ0) is 9.47. The Morgan fingerprint density at radius 3 is 2.77 bits per heavy atom. The van der Waals surface area contributed by atoms with Gasteiger partial charge in [-0.25, -0.2) is 0 Å². The molecule has 13 heavy (non-hydrogen) atoms. The van der Waals surface area contributed by atoms with E-state index in [1.807, 2.05) is 19.2 Å². The lowest BCUT2D eigenvalue weighted by atomic mass is 10.0. The van der Waals surface area contributed by atoms with Gasteiger partial charge in [-0.15, -0.1) is 0 Å². The zero-order valence-corrected chi connectivity index (χ0v) is 8.93. The number of rotatable bonds is 1. The fourth-order valence-electron chi connectivity index (χ4n) is 1.41. The molecule has 66 valence electrons. The Bertz CT molecular complexity index is 388. The fraction of sp³-hybridized carbons (Fsp3) is 0.400. The second-order valence-corrected chi connectivity index (χ2v) is 4.39. The van der Waals surface area contributed by atoms with Crippen LogP contribution in [0.5, 0.6) is 0 Å². The Morgan fingerprint density at radius 2 is 2.31 bits per heavy atom. The topological polar surface area (TPSA) is 36.7 Å². The van der Waals surface area contributed by atoms with E-state index in [1.165, 1.54) is 0 Å². The summed E-state index contributed by atoms with van der Waals surface area (Å²) in [5, 5.41) is 8.99. The molecule has 2 nitrogen and oxygen atoms in total. The minimum atomic E-state index is -0.285. The average molecular weight is 237 g/mol. The van der Waals surface area contributed by atoms with Gasteiger partial charge in [-0.05, 0) is 47.3 Å². The summed E-state index contributed by atoms with van der Waals surface area (Å²) in [6.07, 6.45) is 3.70. The van der Waals surface area contributed by atoms with Crippen molar-refractivity contribution < 1.29 is 0 Å². The predicted molar refractivity (Wildman–Crippen MR) is 53.2 cm³/mol. The summed E-state index contributed by atoms with van der Waals surface area (Å²) in [5.41, 5.74) is 1.73. The highest BCUT2D eigenvalue weighted by molar-refractivity contribution is 9.10. The third-order valence-electron chi connectivity index (χ3n) is 2.40. The summed E-state index contributed by atoms with van der Waals surface area (Å²) in [4.78, 5) is 4.31. The summed E-state index contributed by atoms with van der Waals surface area (Å²) in [7, 11) is 0. The number of aryl methyl sites for hydroxylation is 1. The molecule has 0 radical (unpaired) electrons. The van der Waals surface area contributed by atoms with Crippen molar-refractivity contribution in [1.29, 1.82) is 5.26 Å². The molecule has 2 rings (SSSR count). The lowest BCUT2D eigenvalue weighted by molar-refractivity contribution is 0.843. The molecule has 0 aliphatic heterocycles. The van der Waals surface area contributed by atoms with E-state index in [0.29, 0.717) is 0 Å². The third-order valence-corrected chi connectivity index (χ3v) is 3.00. The van der Waals surface area contributed by atoms with Crippen LogP contribution < -0.4 is 0 Å². The summed E-state index contributed by atoms with van der Waals surface area (Å²) >= 11 is 3.45. The van der Waals surface area contributed by atoms with Crippen LogP contribution in [0, 0.1) is 18.3 Å². The van der Waals surface area contributed by atoms with E-state index in [1.54, 1.807) is 0 Å². The van der Waals surface area contributed by atoms with Crippen LogP contribution in [0.25, 0.3) is 0 Å². The molecule has 0 aromatic carbocycles. The lowest BCUT2D eigenvalue weighted by Gasteiger charge is -2.07. The molecule has 1 fully saturated rings. The van der Waals surface area contributed by atoms with Crippen LogP contribution in [-0.2, 0) is 5.41 Å². The van der Waals surface area contributed by atoms with Crippen molar-refractivity contribution in [2.75, 3.05) is 0 Å². The van der Waals surface area contributed by atoms with Gasteiger partial charge in [0.1, 0.15) is 5.41 Å². The van der Waals surface area contributed by atoms with Crippen molar-refractivity contribution in [2.24, 2.45) is 0 Å². The molecular formula is C10H9BrN2. The first-order valence-electron chi connectivity index (χ1n) is 4.22. The maximum Gasteiger partial charge on any atom is 0.101 e. The molecule has 0 bridgehead atoms. The Kier molecular flexibility index (Phi) is 1.88. The van der Waals surface area contributed by atoms with Crippen molar-refractivity contribution in [1.82, 2.24) is 4.98 Å². The second kappa shape index (κ2) is 2.81. The van der Waals surface area contributed by atoms with Gasteiger partial charge < -0.3 is 0 Å². The smallest absolute Gasteiger partial charge is 0.101 e. The molecule has 1 aromatic rings. The minimum absolute atomic E-state index is 0.285. The third kappa shape index (κ3) is 1.36. The lowest BCUT2D eigenvalue weighted by Crippen LogP contribution is -2.06. The summed E-state index contributed by atoms with van der Waals surface area (Å²) in [5.74, 6) is 0. The van der Waals surface area contributed by atoms with E-state index in [4.69, 9.17) is 5.26 Å². The van der Waals surface area contributed by atoms with Crippen molar-refractivity contribution in [2.45, 2.75) is 25.2 Å². The Hall–Kier alpha value is -0.880. The van der Waals surface area contributed by atoms with Gasteiger partial charge in [0, 0.05) is 10.7 Å². The number of hydrogen-bond acceptors (Lipinski definition) is 2. The van der Waals surface area contributed by atoms with Gasteiger partial charge in [0.15, 0.2) is 0 Å². The number of aromatic nitrogens is 1. The van der Waals surface area contributed by atoms with Crippen LogP contribution in [0.3, 0.4) is 0 Å². The number of hydrogen-bond donors (Lipinski definition) is 0. The first-order chi connectivity index (χ1) is 6.18. The van der Waals surface area contributed by atoms with Crippen LogP contribution in [0.4, 0.5) is 0 Å². The molecule has 0 spiro atoms. The van der Waals surface area contributed by atoms with Crippen LogP contribution >= 0.6 is 15.9 Å². The molecule has 1 aromatic heterocycles. The zero-order valence-electron chi connectivity index (χ0n) is 7.34. The van der Waals surface area contributed by atoms with Gasteiger partial charge in [0.25, 0.3) is 0 Å². The van der Waals surface area contributed by atoms with Crippen molar-refractivity contribution >= 4 is 15.9 Å². The number of halogens is 1. The van der Waals surface area contributed by atoms with E-state index in [0.717, 1.165) is 28.6 Å². The molecule has 0 unspecified atom stereocenters. The van der Waals surface area contributed by atoms with Crippen LogP contribution in [-0.4, -0.2) is 4.98 Å². The fourth-order valence-corrected chi connectivity index (χ4v) is 2.26. The maximum atomic E-state index is 8.99. The van der Waals surface area contributed by atoms with Crippen molar-refractivity contribution in [3.8, 4) is 6.07 Å². The number of pyridine rings is 1. The molecular weight excluding hydrogens is 228 g/mol. The quantitative estimate of drug-likeness (QED) is 0.752. The van der Waals surface area contributed by atoms with E-state index < -0.39 is 0 Å². The van der Waals surface area contributed by atoms with Gasteiger partial charge in [0.05, 0.1) is 11.8 Å². The van der Waals surface area contributed by atoms with Crippen LogP contribution in [0.2, 0.25) is 0 Å². The molecule has 0 atom stereocenters. The predicted octanol–water partition coefficient (Wildman–Crippen LogP) is 2.71. The molecule has 0 saturated heterocycles. The highest BCUT2D eigenvalue weighted by Gasteiger charge is 2.47. The minimum Gasteiger partial charge on any atom is -0.258 e. The first kappa shape index (κ1) is 8.71. The van der Waals surface area contributed by atoms with Crippen molar-refractivity contribution in [3.63, 3.8) is 0 Å². The van der Waals surface area contributed by atoms with Crippen molar-refractivity contribution in [3.05, 3.63) is 28.0 Å². The SMILES string of the molecule is Cc1cnc(C2(C#N)CC2)c(Br)c1. The normalized spacial score (nSPS) is 17.9. The molecule has 1 saturated carbocycles. The van der Waals surface area contributed by atoms with E-state index in [-0.39, 0.29) is 5.41 Å². The molecule has 0 N–H and O–H groups in total. The van der Waals surface area contributed by atoms with Gasteiger partial charge >= 0.3 is 0 Å². The molecule has 3 heteroatoms. The summed E-state index contributed by atoms with van der Waals surface area (Å²) in [6.45, 7) is 1.99.